The van der Waals surface area contributed by atoms with Crippen LogP contribution in [0.5, 0.6) is 0 Å². The fourth-order valence-corrected chi connectivity index (χ4v) is 6.73. The van der Waals surface area contributed by atoms with Gasteiger partial charge in [-0.15, -0.1) is 11.3 Å². The predicted molar refractivity (Wildman–Crippen MR) is 103 cm³/mol. The molecule has 1 spiro atoms. The van der Waals surface area contributed by atoms with E-state index < -0.39 is 15.6 Å². The van der Waals surface area contributed by atoms with Gasteiger partial charge in [-0.25, -0.2) is 12.8 Å². The quantitative estimate of drug-likeness (QED) is 0.708. The molecule has 140 valence electrons. The lowest BCUT2D eigenvalue weighted by atomic mass is 9.83. The third-order valence-corrected chi connectivity index (χ3v) is 8.77. The van der Waals surface area contributed by atoms with Gasteiger partial charge >= 0.3 is 0 Å². The Kier molecular flexibility index (Phi) is 3.72. The summed E-state index contributed by atoms with van der Waals surface area (Å²) < 4.78 is 43.4. The fourth-order valence-electron chi connectivity index (χ4n) is 4.15. The molecule has 0 radical (unpaired) electrons. The number of fused-ring (bicyclic) bond motifs is 4. The van der Waals surface area contributed by atoms with Crippen molar-refractivity contribution in [2.24, 2.45) is 0 Å². The second kappa shape index (κ2) is 5.92. The summed E-state index contributed by atoms with van der Waals surface area (Å²) in [5.41, 5.74) is 2.35. The normalized spacial score (nSPS) is 18.7. The first kappa shape index (κ1) is 17.0. The summed E-state index contributed by atoms with van der Waals surface area (Å²) >= 11 is 1.24. The van der Waals surface area contributed by atoms with Gasteiger partial charge in [-0.2, -0.15) is 4.31 Å². The van der Waals surface area contributed by atoms with E-state index in [0.717, 1.165) is 17.1 Å². The van der Waals surface area contributed by atoms with E-state index in [-0.39, 0.29) is 5.82 Å². The second-order valence-corrected chi connectivity index (χ2v) is 10.1. The average Bonchev–Trinajstić information content (AvgIpc) is 3.35. The Labute approximate surface area is 161 Å². The maximum Gasteiger partial charge on any atom is 0.252 e. The predicted octanol–water partition coefficient (Wildman–Crippen LogP) is 3.78. The third kappa shape index (κ3) is 2.55. The monoisotopic (exact) mass is 403 g/mol. The van der Waals surface area contributed by atoms with Gasteiger partial charge < -0.3 is 9.88 Å². The number of anilines is 1. The van der Waals surface area contributed by atoms with Crippen molar-refractivity contribution < 1.29 is 12.8 Å². The molecule has 3 aromatic rings. The molecule has 5 rings (SSSR count). The number of sulfonamides is 1. The summed E-state index contributed by atoms with van der Waals surface area (Å²) in [6, 6.07) is 12.2. The van der Waals surface area contributed by atoms with Crippen LogP contribution >= 0.6 is 11.3 Å². The molecule has 0 aliphatic carbocycles. The molecule has 0 bridgehead atoms. The summed E-state index contributed by atoms with van der Waals surface area (Å²) in [7, 11) is -3.45. The van der Waals surface area contributed by atoms with Gasteiger partial charge in [0.05, 0.1) is 16.9 Å². The van der Waals surface area contributed by atoms with Gasteiger partial charge in [-0.3, -0.25) is 0 Å². The molecule has 1 N–H and O–H groups in total. The minimum Gasteiger partial charge on any atom is -0.372 e. The molecule has 0 amide bonds. The first-order valence-electron chi connectivity index (χ1n) is 8.79. The molecular formula is C19H18FN3O2S2. The van der Waals surface area contributed by atoms with Gasteiger partial charge in [0, 0.05) is 25.0 Å². The summed E-state index contributed by atoms with van der Waals surface area (Å²) in [5.74, 6) is -0.287. The van der Waals surface area contributed by atoms with Crippen LogP contribution in [0.4, 0.5) is 10.1 Å². The number of hydrogen-bond donors (Lipinski definition) is 1. The Bertz CT molecular complexity index is 1100. The van der Waals surface area contributed by atoms with E-state index in [9.17, 15) is 12.8 Å². The Morgan fingerprint density at radius 3 is 2.67 bits per heavy atom. The Balaban J connectivity index is 1.48. The number of halogens is 1. The van der Waals surface area contributed by atoms with Gasteiger partial charge in [-0.1, -0.05) is 6.07 Å². The van der Waals surface area contributed by atoms with Gasteiger partial charge in [0.15, 0.2) is 0 Å². The Morgan fingerprint density at radius 2 is 1.93 bits per heavy atom. The Morgan fingerprint density at radius 1 is 1.11 bits per heavy atom. The minimum absolute atomic E-state index is 0.287. The molecule has 1 saturated heterocycles. The molecule has 0 atom stereocenters. The maximum atomic E-state index is 13.8. The minimum atomic E-state index is -3.45. The Hall–Kier alpha value is -2.16. The van der Waals surface area contributed by atoms with Crippen molar-refractivity contribution in [2.45, 2.75) is 22.6 Å². The number of aromatic nitrogens is 1. The van der Waals surface area contributed by atoms with E-state index in [4.69, 9.17) is 0 Å². The molecule has 5 nitrogen and oxygen atoms in total. The average molecular weight is 404 g/mol. The van der Waals surface area contributed by atoms with Crippen LogP contribution in [-0.2, 0) is 15.6 Å². The molecule has 0 saturated carbocycles. The van der Waals surface area contributed by atoms with Gasteiger partial charge in [0.1, 0.15) is 10.0 Å². The zero-order valence-electron chi connectivity index (χ0n) is 14.4. The summed E-state index contributed by atoms with van der Waals surface area (Å²) in [6.45, 7) is 0.839. The van der Waals surface area contributed by atoms with E-state index in [1.54, 1.807) is 27.9 Å². The second-order valence-electron chi connectivity index (χ2n) is 6.97. The number of hydrogen-bond acceptors (Lipinski definition) is 4. The number of nitrogens with zero attached hydrogens (tertiary/aromatic N) is 2. The molecule has 4 heterocycles. The topological polar surface area (TPSA) is 54.3 Å². The zero-order chi connectivity index (χ0) is 18.6. The molecule has 2 aliphatic heterocycles. The van der Waals surface area contributed by atoms with Crippen LogP contribution in [-0.4, -0.2) is 30.4 Å². The van der Waals surface area contributed by atoms with E-state index in [2.05, 4.69) is 16.0 Å². The van der Waals surface area contributed by atoms with Crippen molar-refractivity contribution in [3.63, 3.8) is 0 Å². The smallest absolute Gasteiger partial charge is 0.252 e. The van der Waals surface area contributed by atoms with E-state index >= 15 is 0 Å². The van der Waals surface area contributed by atoms with Crippen molar-refractivity contribution in [3.05, 3.63) is 65.6 Å². The van der Waals surface area contributed by atoms with Crippen LogP contribution in [0, 0.1) is 5.82 Å². The highest BCUT2D eigenvalue weighted by molar-refractivity contribution is 7.91. The van der Waals surface area contributed by atoms with Crippen molar-refractivity contribution >= 4 is 27.0 Å². The molecule has 1 fully saturated rings. The molecule has 0 unspecified atom stereocenters. The van der Waals surface area contributed by atoms with Crippen LogP contribution in [0.2, 0.25) is 0 Å². The maximum absolute atomic E-state index is 13.8. The highest BCUT2D eigenvalue weighted by Crippen LogP contribution is 2.44. The largest absolute Gasteiger partial charge is 0.372 e. The molecule has 8 heteroatoms. The van der Waals surface area contributed by atoms with Gasteiger partial charge in [0.25, 0.3) is 10.0 Å². The number of piperidine rings is 1. The fraction of sp³-hybridized carbons (Fsp3) is 0.263. The molecule has 1 aromatic carbocycles. The standard InChI is InChI=1S/C19H18FN3O2S2/c20-14-5-6-16-15(13-14)21-19(17-3-1-9-23(16)17)7-10-22(11-8-19)27(24,25)18-4-2-12-26-18/h1-6,9,12-13,21H,7-8,10-11H2. The highest BCUT2D eigenvalue weighted by Gasteiger charge is 2.44. The SMILES string of the molecule is O=S(=O)(c1cccs1)N1CCC2(CC1)Nc1cc(F)ccc1-n1cccc12. The van der Waals surface area contributed by atoms with Crippen LogP contribution < -0.4 is 5.32 Å². The first-order valence-corrected chi connectivity index (χ1v) is 11.1. The lowest BCUT2D eigenvalue weighted by Crippen LogP contribution is -2.50. The van der Waals surface area contributed by atoms with Gasteiger partial charge in [0.2, 0.25) is 0 Å². The van der Waals surface area contributed by atoms with E-state index in [1.807, 2.05) is 12.3 Å². The molecular weight excluding hydrogens is 385 g/mol. The molecule has 2 aromatic heterocycles. The first-order chi connectivity index (χ1) is 13.0. The number of rotatable bonds is 2. The van der Waals surface area contributed by atoms with Crippen molar-refractivity contribution in [2.75, 3.05) is 18.4 Å². The van der Waals surface area contributed by atoms with Crippen LogP contribution in [0.25, 0.3) is 5.69 Å². The van der Waals surface area contributed by atoms with Crippen molar-refractivity contribution in [1.29, 1.82) is 0 Å². The molecule has 27 heavy (non-hydrogen) atoms. The lowest BCUT2D eigenvalue weighted by Gasteiger charge is -2.45. The van der Waals surface area contributed by atoms with Crippen molar-refractivity contribution in [3.8, 4) is 5.69 Å². The summed E-state index contributed by atoms with van der Waals surface area (Å²) in [4.78, 5) is 0. The van der Waals surface area contributed by atoms with E-state index in [1.165, 1.54) is 23.5 Å². The van der Waals surface area contributed by atoms with Crippen LogP contribution in [0.15, 0.2) is 58.3 Å². The zero-order valence-corrected chi connectivity index (χ0v) is 16.1. The lowest BCUT2D eigenvalue weighted by molar-refractivity contribution is 0.248. The van der Waals surface area contributed by atoms with Crippen molar-refractivity contribution in [1.82, 2.24) is 8.87 Å². The van der Waals surface area contributed by atoms with Crippen LogP contribution in [0.1, 0.15) is 18.5 Å². The summed E-state index contributed by atoms with van der Waals surface area (Å²) in [5, 5.41) is 5.30. The number of thiophene rings is 1. The number of nitrogens with one attached hydrogen (secondary N) is 1. The van der Waals surface area contributed by atoms with Crippen LogP contribution in [0.3, 0.4) is 0 Å². The molecule has 2 aliphatic rings. The number of benzene rings is 1. The third-order valence-electron chi connectivity index (χ3n) is 5.50. The summed E-state index contributed by atoms with van der Waals surface area (Å²) in [6.07, 6.45) is 3.22. The van der Waals surface area contributed by atoms with E-state index in [0.29, 0.717) is 30.1 Å². The highest BCUT2D eigenvalue weighted by atomic mass is 32.2. The van der Waals surface area contributed by atoms with Gasteiger partial charge in [-0.05, 0) is 54.6 Å².